The number of ether oxygens (including phenoxy) is 1. The van der Waals surface area contributed by atoms with Crippen molar-refractivity contribution < 1.29 is 9.66 Å². The minimum atomic E-state index is -0.455. The molecule has 8 heteroatoms. The SMILES string of the molecule is CCNCc1ccc([N+](=O)[O-])c(OCc2nncn2C)c1. The van der Waals surface area contributed by atoms with E-state index in [1.807, 2.05) is 6.92 Å². The Hall–Kier alpha value is -2.48. The molecule has 0 saturated carbocycles. The lowest BCUT2D eigenvalue weighted by atomic mass is 10.2. The highest BCUT2D eigenvalue weighted by molar-refractivity contribution is 5.48. The number of nitro benzene ring substituents is 1. The maximum absolute atomic E-state index is 11.1. The minimum absolute atomic E-state index is 0.0579. The number of rotatable bonds is 7. The van der Waals surface area contributed by atoms with Crippen molar-refractivity contribution in [1.29, 1.82) is 0 Å². The van der Waals surface area contributed by atoms with Gasteiger partial charge in [-0.05, 0) is 18.2 Å². The van der Waals surface area contributed by atoms with E-state index in [0.29, 0.717) is 12.4 Å². The molecule has 21 heavy (non-hydrogen) atoms. The Morgan fingerprint density at radius 2 is 2.29 bits per heavy atom. The number of nitrogens with one attached hydrogen (secondary N) is 1. The first-order valence-corrected chi connectivity index (χ1v) is 6.55. The summed E-state index contributed by atoms with van der Waals surface area (Å²) < 4.78 is 7.25. The molecule has 0 atom stereocenters. The van der Waals surface area contributed by atoms with E-state index in [2.05, 4.69) is 15.5 Å². The lowest BCUT2D eigenvalue weighted by molar-refractivity contribution is -0.386. The Labute approximate surface area is 121 Å². The second-order valence-electron chi connectivity index (χ2n) is 4.49. The van der Waals surface area contributed by atoms with Crippen LogP contribution >= 0.6 is 0 Å². The first-order chi connectivity index (χ1) is 10.1. The highest BCUT2D eigenvalue weighted by atomic mass is 16.6. The molecule has 0 unspecified atom stereocenters. The van der Waals surface area contributed by atoms with Gasteiger partial charge in [-0.3, -0.25) is 10.1 Å². The van der Waals surface area contributed by atoms with Gasteiger partial charge < -0.3 is 14.6 Å². The summed E-state index contributed by atoms with van der Waals surface area (Å²) in [6, 6.07) is 4.85. The second-order valence-corrected chi connectivity index (χ2v) is 4.49. The van der Waals surface area contributed by atoms with Gasteiger partial charge >= 0.3 is 5.69 Å². The maximum atomic E-state index is 11.1. The number of aromatic nitrogens is 3. The monoisotopic (exact) mass is 291 g/mol. The average molecular weight is 291 g/mol. The molecule has 112 valence electrons. The summed E-state index contributed by atoms with van der Waals surface area (Å²) >= 11 is 0. The highest BCUT2D eigenvalue weighted by Crippen LogP contribution is 2.28. The van der Waals surface area contributed by atoms with E-state index in [1.54, 1.807) is 30.1 Å². The zero-order valence-corrected chi connectivity index (χ0v) is 11.9. The van der Waals surface area contributed by atoms with Crippen molar-refractivity contribution in [1.82, 2.24) is 20.1 Å². The number of aryl methyl sites for hydroxylation is 1. The third-order valence-electron chi connectivity index (χ3n) is 2.96. The third kappa shape index (κ3) is 3.76. The van der Waals surface area contributed by atoms with Gasteiger partial charge in [0.05, 0.1) is 4.92 Å². The summed E-state index contributed by atoms with van der Waals surface area (Å²) in [4.78, 5) is 10.6. The first kappa shape index (κ1) is 14.9. The van der Waals surface area contributed by atoms with Crippen LogP contribution in [0.15, 0.2) is 24.5 Å². The Bertz CT molecular complexity index is 626. The zero-order chi connectivity index (χ0) is 15.2. The fourth-order valence-electron chi connectivity index (χ4n) is 1.78. The van der Waals surface area contributed by atoms with Crippen molar-refractivity contribution in [3.05, 3.63) is 46.0 Å². The third-order valence-corrected chi connectivity index (χ3v) is 2.96. The smallest absolute Gasteiger partial charge is 0.310 e. The molecule has 0 saturated heterocycles. The minimum Gasteiger partial charge on any atom is -0.479 e. The van der Waals surface area contributed by atoms with E-state index in [1.165, 1.54) is 6.07 Å². The van der Waals surface area contributed by atoms with Gasteiger partial charge in [0.2, 0.25) is 0 Å². The van der Waals surface area contributed by atoms with E-state index in [4.69, 9.17) is 4.74 Å². The standard InChI is InChI=1S/C13H17N5O3/c1-3-14-7-10-4-5-11(18(19)20)12(6-10)21-8-13-16-15-9-17(13)2/h4-6,9,14H,3,7-8H2,1-2H3. The number of nitrogens with zero attached hydrogens (tertiary/aromatic N) is 4. The summed E-state index contributed by atoms with van der Waals surface area (Å²) in [5, 5.41) is 21.8. The van der Waals surface area contributed by atoms with Gasteiger partial charge in [0, 0.05) is 19.7 Å². The number of nitro groups is 1. The van der Waals surface area contributed by atoms with Gasteiger partial charge in [-0.15, -0.1) is 10.2 Å². The van der Waals surface area contributed by atoms with Crippen LogP contribution in [0, 0.1) is 10.1 Å². The van der Waals surface area contributed by atoms with Gasteiger partial charge in [0.15, 0.2) is 11.6 Å². The van der Waals surface area contributed by atoms with E-state index in [0.717, 1.165) is 12.1 Å². The van der Waals surface area contributed by atoms with Gasteiger partial charge in [0.25, 0.3) is 0 Å². The predicted molar refractivity (Wildman–Crippen MR) is 75.8 cm³/mol. The van der Waals surface area contributed by atoms with Crippen LogP contribution in [0.5, 0.6) is 5.75 Å². The van der Waals surface area contributed by atoms with Crippen LogP contribution in [0.1, 0.15) is 18.3 Å². The van der Waals surface area contributed by atoms with Crippen molar-refractivity contribution in [2.24, 2.45) is 7.05 Å². The van der Waals surface area contributed by atoms with E-state index < -0.39 is 4.92 Å². The summed E-state index contributed by atoms with van der Waals surface area (Å²) in [6.07, 6.45) is 1.55. The molecule has 0 spiro atoms. The van der Waals surface area contributed by atoms with Crippen LogP contribution in [0.4, 0.5) is 5.69 Å². The van der Waals surface area contributed by atoms with Crippen molar-refractivity contribution in [2.45, 2.75) is 20.1 Å². The summed E-state index contributed by atoms with van der Waals surface area (Å²) in [5.74, 6) is 0.833. The molecular weight excluding hydrogens is 274 g/mol. The quantitative estimate of drug-likeness (QED) is 0.612. The summed E-state index contributed by atoms with van der Waals surface area (Å²) in [5.41, 5.74) is 0.868. The molecule has 0 aliphatic rings. The highest BCUT2D eigenvalue weighted by Gasteiger charge is 2.16. The Balaban J connectivity index is 2.17. The van der Waals surface area contributed by atoms with Crippen LogP contribution in [-0.2, 0) is 20.2 Å². The fraction of sp³-hybridized carbons (Fsp3) is 0.385. The van der Waals surface area contributed by atoms with Gasteiger partial charge in [0.1, 0.15) is 12.9 Å². The van der Waals surface area contributed by atoms with Crippen molar-refractivity contribution in [3.63, 3.8) is 0 Å². The van der Waals surface area contributed by atoms with Gasteiger partial charge in [-0.25, -0.2) is 0 Å². The number of benzene rings is 1. The molecule has 0 bridgehead atoms. The molecule has 8 nitrogen and oxygen atoms in total. The van der Waals surface area contributed by atoms with E-state index >= 15 is 0 Å². The molecule has 0 aliphatic heterocycles. The molecule has 1 aromatic carbocycles. The normalized spacial score (nSPS) is 10.6. The Morgan fingerprint density at radius 1 is 1.48 bits per heavy atom. The zero-order valence-electron chi connectivity index (χ0n) is 11.9. The van der Waals surface area contributed by atoms with E-state index in [-0.39, 0.29) is 18.0 Å². The molecule has 1 aromatic heterocycles. The lowest BCUT2D eigenvalue weighted by Crippen LogP contribution is -2.12. The molecule has 0 aliphatic carbocycles. The van der Waals surface area contributed by atoms with Gasteiger partial charge in [-0.1, -0.05) is 13.0 Å². The first-order valence-electron chi connectivity index (χ1n) is 6.55. The van der Waals surface area contributed by atoms with Crippen molar-refractivity contribution >= 4 is 5.69 Å². The molecule has 0 radical (unpaired) electrons. The molecule has 1 N–H and O–H groups in total. The van der Waals surface area contributed by atoms with Crippen LogP contribution in [0.25, 0.3) is 0 Å². The maximum Gasteiger partial charge on any atom is 0.310 e. The molecule has 1 heterocycles. The number of hydrogen-bond donors (Lipinski definition) is 1. The fourth-order valence-corrected chi connectivity index (χ4v) is 1.78. The van der Waals surface area contributed by atoms with E-state index in [9.17, 15) is 10.1 Å². The summed E-state index contributed by atoms with van der Waals surface area (Å²) in [6.45, 7) is 3.58. The van der Waals surface area contributed by atoms with Crippen LogP contribution in [0.2, 0.25) is 0 Å². The molecule has 0 amide bonds. The van der Waals surface area contributed by atoms with Gasteiger partial charge in [-0.2, -0.15) is 0 Å². The molecular formula is C13H17N5O3. The topological polar surface area (TPSA) is 95.1 Å². The van der Waals surface area contributed by atoms with Crippen LogP contribution in [-0.4, -0.2) is 26.2 Å². The van der Waals surface area contributed by atoms with Crippen molar-refractivity contribution in [2.75, 3.05) is 6.54 Å². The molecule has 2 rings (SSSR count). The Morgan fingerprint density at radius 3 is 2.90 bits per heavy atom. The average Bonchev–Trinajstić information content (AvgIpc) is 2.88. The number of hydrogen-bond acceptors (Lipinski definition) is 6. The summed E-state index contributed by atoms with van der Waals surface area (Å²) in [7, 11) is 1.79. The van der Waals surface area contributed by atoms with Crippen LogP contribution in [0.3, 0.4) is 0 Å². The Kier molecular flexibility index (Phi) is 4.83. The second kappa shape index (κ2) is 6.80. The molecule has 2 aromatic rings. The lowest BCUT2D eigenvalue weighted by Gasteiger charge is -2.09. The largest absolute Gasteiger partial charge is 0.479 e. The molecule has 0 fully saturated rings. The van der Waals surface area contributed by atoms with Crippen LogP contribution < -0.4 is 10.1 Å². The predicted octanol–water partition coefficient (Wildman–Crippen LogP) is 1.41. The van der Waals surface area contributed by atoms with Crippen molar-refractivity contribution in [3.8, 4) is 5.75 Å².